The van der Waals surface area contributed by atoms with Crippen molar-refractivity contribution < 1.29 is 14.7 Å². The molecule has 0 aliphatic carbocycles. The van der Waals surface area contributed by atoms with Crippen molar-refractivity contribution in [2.45, 2.75) is 58.0 Å². The average Bonchev–Trinajstić information content (AvgIpc) is 2.77. The van der Waals surface area contributed by atoms with E-state index >= 15 is 0 Å². The molecule has 1 saturated heterocycles. The Hall–Kier alpha value is -1.26. The smallest absolute Gasteiger partial charge is 0.326 e. The number of carboxylic acid groups (broad SMARTS) is 1. The zero-order valence-electron chi connectivity index (χ0n) is 10.6. The molecule has 2 atom stereocenters. The first-order valence-electron chi connectivity index (χ1n) is 6.40. The first kappa shape index (κ1) is 13.8. The van der Waals surface area contributed by atoms with Crippen molar-refractivity contribution in [3.63, 3.8) is 0 Å². The topological polar surface area (TPSA) is 69.6 Å². The van der Waals surface area contributed by atoms with Crippen molar-refractivity contribution in [2.24, 2.45) is 0 Å². The molecule has 0 spiro atoms. The van der Waals surface area contributed by atoms with Gasteiger partial charge in [-0.15, -0.1) is 0 Å². The number of nitrogens with one attached hydrogen (secondary N) is 1. The molecule has 0 aromatic carbocycles. The number of hydrogen-bond donors (Lipinski definition) is 2. The van der Waals surface area contributed by atoms with Gasteiger partial charge in [0.2, 0.25) is 0 Å². The number of carboxylic acids is 1. The third-order valence-electron chi connectivity index (χ3n) is 3.26. The van der Waals surface area contributed by atoms with Gasteiger partial charge >= 0.3 is 12.0 Å². The number of rotatable bonds is 5. The molecule has 1 fully saturated rings. The summed E-state index contributed by atoms with van der Waals surface area (Å²) in [6.07, 6.45) is 4.17. The molecule has 1 aliphatic heterocycles. The van der Waals surface area contributed by atoms with Crippen LogP contribution in [-0.4, -0.2) is 40.6 Å². The Labute approximate surface area is 102 Å². The standard InChI is InChI=1S/C12H22N2O3/c1-3-6-9(4-2)13-12(17)14-8-5-7-10(14)11(15)16/h9-10H,3-8H2,1-2H3,(H,13,17)(H,15,16)/t9?,10-/m0/s1. The molecule has 1 unspecified atom stereocenters. The second-order valence-electron chi connectivity index (χ2n) is 4.53. The highest BCUT2D eigenvalue weighted by molar-refractivity contribution is 5.83. The molecule has 1 rings (SSSR count). The molecule has 0 bridgehead atoms. The predicted molar refractivity (Wildman–Crippen MR) is 64.9 cm³/mol. The number of aliphatic carboxylic acids is 1. The van der Waals surface area contributed by atoms with E-state index in [2.05, 4.69) is 12.2 Å². The first-order chi connectivity index (χ1) is 8.10. The summed E-state index contributed by atoms with van der Waals surface area (Å²) >= 11 is 0. The van der Waals surface area contributed by atoms with Crippen LogP contribution in [0.2, 0.25) is 0 Å². The number of urea groups is 1. The van der Waals surface area contributed by atoms with E-state index in [1.165, 1.54) is 4.90 Å². The van der Waals surface area contributed by atoms with E-state index in [4.69, 9.17) is 5.11 Å². The van der Waals surface area contributed by atoms with E-state index in [1.807, 2.05) is 6.92 Å². The fraction of sp³-hybridized carbons (Fsp3) is 0.833. The van der Waals surface area contributed by atoms with Crippen molar-refractivity contribution in [1.82, 2.24) is 10.2 Å². The Balaban J connectivity index is 2.54. The summed E-state index contributed by atoms with van der Waals surface area (Å²) in [6.45, 7) is 4.65. The number of carbonyl (C=O) groups is 2. The zero-order chi connectivity index (χ0) is 12.8. The van der Waals surface area contributed by atoms with Crippen LogP contribution in [0.1, 0.15) is 46.0 Å². The molecule has 5 nitrogen and oxygen atoms in total. The van der Waals surface area contributed by atoms with E-state index < -0.39 is 12.0 Å². The van der Waals surface area contributed by atoms with Gasteiger partial charge in [0.05, 0.1) is 0 Å². The van der Waals surface area contributed by atoms with Crippen molar-refractivity contribution in [3.8, 4) is 0 Å². The normalized spacial score (nSPS) is 21.3. The fourth-order valence-electron chi connectivity index (χ4n) is 2.25. The lowest BCUT2D eigenvalue weighted by Crippen LogP contribution is -2.48. The minimum Gasteiger partial charge on any atom is -0.480 e. The van der Waals surface area contributed by atoms with E-state index in [1.54, 1.807) is 0 Å². The summed E-state index contributed by atoms with van der Waals surface area (Å²) in [7, 11) is 0. The van der Waals surface area contributed by atoms with Crippen LogP contribution in [0.15, 0.2) is 0 Å². The van der Waals surface area contributed by atoms with Crippen molar-refractivity contribution >= 4 is 12.0 Å². The second kappa shape index (κ2) is 6.47. The highest BCUT2D eigenvalue weighted by Gasteiger charge is 2.34. The van der Waals surface area contributed by atoms with Crippen LogP contribution < -0.4 is 5.32 Å². The van der Waals surface area contributed by atoms with Crippen LogP contribution in [0.4, 0.5) is 4.79 Å². The number of hydrogen-bond acceptors (Lipinski definition) is 2. The van der Waals surface area contributed by atoms with Crippen LogP contribution in [0.25, 0.3) is 0 Å². The monoisotopic (exact) mass is 242 g/mol. The van der Waals surface area contributed by atoms with Crippen LogP contribution in [-0.2, 0) is 4.79 Å². The Morgan fingerprint density at radius 1 is 1.47 bits per heavy atom. The van der Waals surface area contributed by atoms with Gasteiger partial charge in [0.1, 0.15) is 6.04 Å². The summed E-state index contributed by atoms with van der Waals surface area (Å²) in [4.78, 5) is 24.4. The van der Waals surface area contributed by atoms with Gasteiger partial charge in [0.25, 0.3) is 0 Å². The van der Waals surface area contributed by atoms with Crippen molar-refractivity contribution in [2.75, 3.05) is 6.54 Å². The lowest BCUT2D eigenvalue weighted by atomic mass is 10.1. The maximum absolute atomic E-state index is 12.0. The average molecular weight is 242 g/mol. The first-order valence-corrected chi connectivity index (χ1v) is 6.40. The summed E-state index contributed by atoms with van der Waals surface area (Å²) < 4.78 is 0. The van der Waals surface area contributed by atoms with Crippen molar-refractivity contribution in [3.05, 3.63) is 0 Å². The van der Waals surface area contributed by atoms with Crippen molar-refractivity contribution in [1.29, 1.82) is 0 Å². The Bertz CT molecular complexity index is 281. The van der Waals surface area contributed by atoms with Gasteiger partial charge in [-0.05, 0) is 25.7 Å². The molecule has 17 heavy (non-hydrogen) atoms. The van der Waals surface area contributed by atoms with Gasteiger partial charge in [-0.2, -0.15) is 0 Å². The van der Waals surface area contributed by atoms with Crippen LogP contribution in [0.3, 0.4) is 0 Å². The van der Waals surface area contributed by atoms with E-state index in [0.29, 0.717) is 13.0 Å². The quantitative estimate of drug-likeness (QED) is 0.772. The highest BCUT2D eigenvalue weighted by atomic mass is 16.4. The Kier molecular flexibility index (Phi) is 5.25. The maximum Gasteiger partial charge on any atom is 0.326 e. The lowest BCUT2D eigenvalue weighted by Gasteiger charge is -2.25. The Morgan fingerprint density at radius 2 is 2.18 bits per heavy atom. The molecule has 2 amide bonds. The zero-order valence-corrected chi connectivity index (χ0v) is 10.6. The van der Waals surface area contributed by atoms with E-state index in [0.717, 1.165) is 25.7 Å². The molecule has 0 radical (unpaired) electrons. The summed E-state index contributed by atoms with van der Waals surface area (Å²) in [5.41, 5.74) is 0. The molecule has 0 aromatic heterocycles. The largest absolute Gasteiger partial charge is 0.480 e. The van der Waals surface area contributed by atoms with Gasteiger partial charge in [0, 0.05) is 12.6 Å². The fourth-order valence-corrected chi connectivity index (χ4v) is 2.25. The van der Waals surface area contributed by atoms with Crippen LogP contribution >= 0.6 is 0 Å². The molecule has 1 aliphatic rings. The molecule has 0 aromatic rings. The molecule has 1 heterocycles. The number of carbonyl (C=O) groups excluding carboxylic acids is 1. The van der Waals surface area contributed by atoms with Gasteiger partial charge in [0.15, 0.2) is 0 Å². The second-order valence-corrected chi connectivity index (χ2v) is 4.53. The summed E-state index contributed by atoms with van der Waals surface area (Å²) in [5.74, 6) is -0.902. The van der Waals surface area contributed by atoms with E-state index in [-0.39, 0.29) is 12.1 Å². The molecular formula is C12H22N2O3. The van der Waals surface area contributed by atoms with Gasteiger partial charge in [-0.1, -0.05) is 20.3 Å². The number of likely N-dealkylation sites (tertiary alicyclic amines) is 1. The third kappa shape index (κ3) is 3.61. The SMILES string of the molecule is CCCC(CC)NC(=O)N1CCC[C@H]1C(=O)O. The summed E-state index contributed by atoms with van der Waals surface area (Å²) in [5, 5.41) is 11.9. The third-order valence-corrected chi connectivity index (χ3v) is 3.26. The molecule has 0 saturated carbocycles. The van der Waals surface area contributed by atoms with Gasteiger partial charge < -0.3 is 15.3 Å². The number of nitrogens with zero attached hydrogens (tertiary/aromatic N) is 1. The molecule has 5 heteroatoms. The molecule has 98 valence electrons. The molecular weight excluding hydrogens is 220 g/mol. The molecule has 2 N–H and O–H groups in total. The minimum absolute atomic E-state index is 0.155. The van der Waals surface area contributed by atoms with E-state index in [9.17, 15) is 9.59 Å². The summed E-state index contributed by atoms with van der Waals surface area (Å²) in [6, 6.07) is -0.716. The van der Waals surface area contributed by atoms with Gasteiger partial charge in [-0.25, -0.2) is 9.59 Å². The van der Waals surface area contributed by atoms with Crippen LogP contribution in [0, 0.1) is 0 Å². The Morgan fingerprint density at radius 3 is 2.71 bits per heavy atom. The maximum atomic E-state index is 12.0. The van der Waals surface area contributed by atoms with Crippen LogP contribution in [0.5, 0.6) is 0 Å². The predicted octanol–water partition coefficient (Wildman–Crippen LogP) is 1.82. The highest BCUT2D eigenvalue weighted by Crippen LogP contribution is 2.17. The van der Waals surface area contributed by atoms with Gasteiger partial charge in [-0.3, -0.25) is 0 Å². The number of amides is 2. The lowest BCUT2D eigenvalue weighted by molar-refractivity contribution is -0.141. The minimum atomic E-state index is -0.902.